The lowest BCUT2D eigenvalue weighted by atomic mass is 10.1. The van der Waals surface area contributed by atoms with E-state index in [0.717, 1.165) is 23.9 Å². The first-order valence-corrected chi connectivity index (χ1v) is 6.05. The van der Waals surface area contributed by atoms with Gasteiger partial charge in [-0.3, -0.25) is 0 Å². The summed E-state index contributed by atoms with van der Waals surface area (Å²) in [4.78, 5) is 0. The second-order valence-corrected chi connectivity index (χ2v) is 4.79. The molecule has 0 amide bonds. The van der Waals surface area contributed by atoms with Gasteiger partial charge in [0.1, 0.15) is 5.82 Å². The molecule has 0 aliphatic heterocycles. The Kier molecular flexibility index (Phi) is 3.48. The number of hydrogen-bond donors (Lipinski definition) is 1. The number of halogens is 1. The van der Waals surface area contributed by atoms with Crippen LogP contribution < -0.4 is 5.32 Å². The van der Waals surface area contributed by atoms with Crippen LogP contribution in [-0.4, -0.2) is 17.2 Å². The lowest BCUT2D eigenvalue weighted by molar-refractivity contribution is 0.590. The molecule has 2 nitrogen and oxygen atoms in total. The molecule has 1 N–H and O–H groups in total. The van der Waals surface area contributed by atoms with Crippen molar-refractivity contribution in [3.63, 3.8) is 0 Å². The molecular formula is C14H19FN2. The summed E-state index contributed by atoms with van der Waals surface area (Å²) in [5, 5.41) is 4.41. The largest absolute Gasteiger partial charge is 0.350 e. The average molecular weight is 234 g/mol. The maximum atomic E-state index is 13.3. The molecule has 1 aromatic heterocycles. The molecule has 0 radical (unpaired) electrons. The Labute approximate surface area is 101 Å². The molecular weight excluding hydrogens is 215 g/mol. The summed E-state index contributed by atoms with van der Waals surface area (Å²) in [7, 11) is 2.00. The zero-order valence-electron chi connectivity index (χ0n) is 10.6. The standard InChI is InChI=1S/C14H19FN2/c1-10(2)16-7-6-11-9-17(3)14-5-4-12(15)8-13(11)14/h4-5,8-10,16H,6-7H2,1-3H3. The number of nitrogens with zero attached hydrogens (tertiary/aromatic N) is 1. The number of benzene rings is 1. The van der Waals surface area contributed by atoms with Crippen LogP contribution >= 0.6 is 0 Å². The fourth-order valence-electron chi connectivity index (χ4n) is 2.14. The summed E-state index contributed by atoms with van der Waals surface area (Å²) < 4.78 is 15.3. The van der Waals surface area contributed by atoms with Crippen LogP contribution in [0.4, 0.5) is 4.39 Å². The highest BCUT2D eigenvalue weighted by atomic mass is 19.1. The highest BCUT2D eigenvalue weighted by molar-refractivity contribution is 5.84. The van der Waals surface area contributed by atoms with Crippen molar-refractivity contribution in [1.82, 2.24) is 9.88 Å². The van der Waals surface area contributed by atoms with Gasteiger partial charge in [-0.05, 0) is 36.7 Å². The number of aryl methyl sites for hydroxylation is 1. The lowest BCUT2D eigenvalue weighted by Crippen LogP contribution is -2.24. The Balaban J connectivity index is 2.24. The van der Waals surface area contributed by atoms with Crippen molar-refractivity contribution < 1.29 is 4.39 Å². The van der Waals surface area contributed by atoms with Gasteiger partial charge >= 0.3 is 0 Å². The van der Waals surface area contributed by atoms with Crippen molar-refractivity contribution in [2.24, 2.45) is 7.05 Å². The van der Waals surface area contributed by atoms with Crippen LogP contribution in [0.1, 0.15) is 19.4 Å². The fourth-order valence-corrected chi connectivity index (χ4v) is 2.14. The monoisotopic (exact) mass is 234 g/mol. The molecule has 0 spiro atoms. The van der Waals surface area contributed by atoms with E-state index >= 15 is 0 Å². The molecule has 1 aromatic carbocycles. The quantitative estimate of drug-likeness (QED) is 0.860. The minimum atomic E-state index is -0.165. The van der Waals surface area contributed by atoms with Crippen LogP contribution in [0, 0.1) is 5.82 Å². The third kappa shape index (κ3) is 2.67. The summed E-state index contributed by atoms with van der Waals surface area (Å²) in [5.41, 5.74) is 2.29. The molecule has 0 unspecified atom stereocenters. The zero-order chi connectivity index (χ0) is 12.4. The minimum absolute atomic E-state index is 0.165. The number of rotatable bonds is 4. The topological polar surface area (TPSA) is 17.0 Å². The molecule has 0 aliphatic rings. The van der Waals surface area contributed by atoms with Gasteiger partial charge in [-0.15, -0.1) is 0 Å². The normalized spacial score (nSPS) is 11.6. The molecule has 0 saturated heterocycles. The molecule has 0 saturated carbocycles. The molecule has 1 heterocycles. The number of hydrogen-bond acceptors (Lipinski definition) is 1. The predicted molar refractivity (Wildman–Crippen MR) is 69.7 cm³/mol. The van der Waals surface area contributed by atoms with E-state index in [4.69, 9.17) is 0 Å². The molecule has 2 rings (SSSR count). The summed E-state index contributed by atoms with van der Waals surface area (Å²) in [6.07, 6.45) is 3.02. The van der Waals surface area contributed by atoms with Gasteiger partial charge in [-0.2, -0.15) is 0 Å². The maximum Gasteiger partial charge on any atom is 0.123 e. The first kappa shape index (κ1) is 12.1. The molecule has 0 aliphatic carbocycles. The molecule has 92 valence electrons. The van der Waals surface area contributed by atoms with Crippen LogP contribution in [-0.2, 0) is 13.5 Å². The van der Waals surface area contributed by atoms with Crippen LogP contribution in [0.25, 0.3) is 10.9 Å². The molecule has 0 fully saturated rings. The average Bonchev–Trinajstić information content (AvgIpc) is 2.55. The summed E-state index contributed by atoms with van der Waals surface area (Å²) in [6.45, 7) is 5.18. The van der Waals surface area contributed by atoms with E-state index in [-0.39, 0.29) is 5.82 Å². The van der Waals surface area contributed by atoms with E-state index in [1.807, 2.05) is 13.1 Å². The van der Waals surface area contributed by atoms with Crippen LogP contribution in [0.2, 0.25) is 0 Å². The van der Waals surface area contributed by atoms with E-state index in [1.54, 1.807) is 6.07 Å². The van der Waals surface area contributed by atoms with Crippen LogP contribution in [0.15, 0.2) is 24.4 Å². The van der Waals surface area contributed by atoms with Gasteiger partial charge in [0.05, 0.1) is 0 Å². The van der Waals surface area contributed by atoms with Crippen molar-refractivity contribution >= 4 is 10.9 Å². The SMILES string of the molecule is CC(C)NCCc1cn(C)c2ccc(F)cc12. The first-order valence-electron chi connectivity index (χ1n) is 6.05. The van der Waals surface area contributed by atoms with Gasteiger partial charge in [0.25, 0.3) is 0 Å². The van der Waals surface area contributed by atoms with Crippen molar-refractivity contribution in [3.05, 3.63) is 35.8 Å². The zero-order valence-corrected chi connectivity index (χ0v) is 10.6. The Morgan fingerprint density at radius 1 is 1.35 bits per heavy atom. The predicted octanol–water partition coefficient (Wildman–Crippen LogP) is 2.86. The highest BCUT2D eigenvalue weighted by Crippen LogP contribution is 2.21. The van der Waals surface area contributed by atoms with E-state index in [1.165, 1.54) is 11.6 Å². The number of fused-ring (bicyclic) bond motifs is 1. The van der Waals surface area contributed by atoms with E-state index in [0.29, 0.717) is 6.04 Å². The molecule has 3 heteroatoms. The molecule has 17 heavy (non-hydrogen) atoms. The Morgan fingerprint density at radius 3 is 2.82 bits per heavy atom. The van der Waals surface area contributed by atoms with Crippen molar-refractivity contribution in [2.75, 3.05) is 6.54 Å². The minimum Gasteiger partial charge on any atom is -0.350 e. The summed E-state index contributed by atoms with van der Waals surface area (Å²) in [6, 6.07) is 5.46. The second kappa shape index (κ2) is 4.88. The third-order valence-corrected chi connectivity index (χ3v) is 2.98. The Hall–Kier alpha value is -1.35. The van der Waals surface area contributed by atoms with Crippen molar-refractivity contribution in [1.29, 1.82) is 0 Å². The number of nitrogens with one attached hydrogen (secondary N) is 1. The van der Waals surface area contributed by atoms with E-state index < -0.39 is 0 Å². The van der Waals surface area contributed by atoms with Gasteiger partial charge < -0.3 is 9.88 Å². The van der Waals surface area contributed by atoms with Gasteiger partial charge in [-0.25, -0.2) is 4.39 Å². The molecule has 0 bridgehead atoms. The Bertz CT molecular complexity index is 514. The van der Waals surface area contributed by atoms with Gasteiger partial charge in [0.2, 0.25) is 0 Å². The van der Waals surface area contributed by atoms with E-state index in [2.05, 4.69) is 29.9 Å². The summed E-state index contributed by atoms with van der Waals surface area (Å²) in [5.74, 6) is -0.165. The first-order chi connectivity index (χ1) is 8.08. The maximum absolute atomic E-state index is 13.3. The highest BCUT2D eigenvalue weighted by Gasteiger charge is 2.07. The molecule has 0 atom stereocenters. The van der Waals surface area contributed by atoms with Crippen molar-refractivity contribution in [2.45, 2.75) is 26.3 Å². The fraction of sp³-hybridized carbons (Fsp3) is 0.429. The number of aromatic nitrogens is 1. The van der Waals surface area contributed by atoms with Gasteiger partial charge in [-0.1, -0.05) is 13.8 Å². The van der Waals surface area contributed by atoms with Crippen LogP contribution in [0.3, 0.4) is 0 Å². The lowest BCUT2D eigenvalue weighted by Gasteiger charge is -2.06. The third-order valence-electron chi connectivity index (χ3n) is 2.98. The smallest absolute Gasteiger partial charge is 0.123 e. The van der Waals surface area contributed by atoms with Crippen LogP contribution in [0.5, 0.6) is 0 Å². The summed E-state index contributed by atoms with van der Waals surface area (Å²) >= 11 is 0. The Morgan fingerprint density at radius 2 is 2.12 bits per heavy atom. The van der Waals surface area contributed by atoms with E-state index in [9.17, 15) is 4.39 Å². The second-order valence-electron chi connectivity index (χ2n) is 4.79. The molecule has 2 aromatic rings. The van der Waals surface area contributed by atoms with Gasteiger partial charge in [0, 0.05) is 30.2 Å². The van der Waals surface area contributed by atoms with Gasteiger partial charge in [0.15, 0.2) is 0 Å². The van der Waals surface area contributed by atoms with Crippen molar-refractivity contribution in [3.8, 4) is 0 Å².